The second-order valence-electron chi connectivity index (χ2n) is 4.61. The van der Waals surface area contributed by atoms with Gasteiger partial charge in [-0.2, -0.15) is 0 Å². The number of alkyl halides is 1. The molecule has 0 aliphatic carbocycles. The highest BCUT2D eigenvalue weighted by Gasteiger charge is 2.20. The minimum atomic E-state index is 0.0291. The zero-order valence-electron chi connectivity index (χ0n) is 10.8. The number of halogens is 1. The van der Waals surface area contributed by atoms with Crippen LogP contribution < -0.4 is 5.73 Å². The van der Waals surface area contributed by atoms with Crippen molar-refractivity contribution in [1.82, 2.24) is 4.90 Å². The lowest BCUT2D eigenvalue weighted by atomic mass is 10.1. The van der Waals surface area contributed by atoms with Crippen molar-refractivity contribution in [3.63, 3.8) is 0 Å². The summed E-state index contributed by atoms with van der Waals surface area (Å²) in [6.07, 6.45) is 3.34. The van der Waals surface area contributed by atoms with Gasteiger partial charge in [0, 0.05) is 13.1 Å². The Hall–Kier alpha value is -1.55. The van der Waals surface area contributed by atoms with Crippen LogP contribution in [0.25, 0.3) is 0 Å². The summed E-state index contributed by atoms with van der Waals surface area (Å²) < 4.78 is 0. The van der Waals surface area contributed by atoms with Crippen LogP contribution in [0.5, 0.6) is 0 Å². The summed E-state index contributed by atoms with van der Waals surface area (Å²) in [5.41, 5.74) is 6.83. The van der Waals surface area contributed by atoms with Crippen LogP contribution in [0.1, 0.15) is 29.6 Å². The van der Waals surface area contributed by atoms with Crippen LogP contribution in [0.2, 0.25) is 0 Å². The lowest BCUT2D eigenvalue weighted by Crippen LogP contribution is -2.35. The van der Waals surface area contributed by atoms with Crippen LogP contribution in [0.4, 0.5) is 5.69 Å². The second-order valence-corrected chi connectivity index (χ2v) is 4.87. The summed E-state index contributed by atoms with van der Waals surface area (Å²) in [4.78, 5) is 18.6. The summed E-state index contributed by atoms with van der Waals surface area (Å²) in [7, 11) is 0. The highest BCUT2D eigenvalue weighted by molar-refractivity contribution is 6.28. The number of hydrogen-bond donors (Lipinski definition) is 1. The second kappa shape index (κ2) is 6.57. The van der Waals surface area contributed by atoms with E-state index in [9.17, 15) is 4.79 Å². The molecule has 1 fully saturated rings. The van der Waals surface area contributed by atoms with E-state index in [1.165, 1.54) is 6.42 Å². The highest BCUT2D eigenvalue weighted by atomic mass is 35.5. The molecule has 2 rings (SSSR count). The molecule has 0 aromatic heterocycles. The zero-order chi connectivity index (χ0) is 13.7. The lowest BCUT2D eigenvalue weighted by molar-refractivity contribution is 0.0725. The number of piperidine rings is 1. The van der Waals surface area contributed by atoms with Gasteiger partial charge in [0.15, 0.2) is 0 Å². The van der Waals surface area contributed by atoms with E-state index in [2.05, 4.69) is 4.99 Å². The van der Waals surface area contributed by atoms with E-state index in [-0.39, 0.29) is 11.8 Å². The molecule has 1 aromatic rings. The summed E-state index contributed by atoms with van der Waals surface area (Å²) in [5, 5.41) is 0. The Balaban J connectivity index is 2.26. The van der Waals surface area contributed by atoms with E-state index in [1.54, 1.807) is 12.1 Å². The number of carbonyl (C=O) groups excluding carboxylic acids is 1. The molecule has 0 radical (unpaired) electrons. The molecule has 1 aromatic carbocycles. The first kappa shape index (κ1) is 13.9. The molecule has 2 N–H and O–H groups in total. The number of para-hydroxylation sites is 1. The number of nitrogens with zero attached hydrogens (tertiary/aromatic N) is 2. The Morgan fingerprint density at radius 1 is 1.26 bits per heavy atom. The molecule has 0 spiro atoms. The number of likely N-dealkylation sites (tertiary alicyclic amines) is 1. The van der Waals surface area contributed by atoms with Crippen molar-refractivity contribution in [3.8, 4) is 0 Å². The van der Waals surface area contributed by atoms with E-state index >= 15 is 0 Å². The molecule has 19 heavy (non-hydrogen) atoms. The molecule has 1 aliphatic rings. The van der Waals surface area contributed by atoms with Gasteiger partial charge in [0.25, 0.3) is 5.91 Å². The average molecular weight is 280 g/mol. The fourth-order valence-electron chi connectivity index (χ4n) is 2.20. The van der Waals surface area contributed by atoms with E-state index in [4.69, 9.17) is 17.3 Å². The quantitative estimate of drug-likeness (QED) is 0.525. The first-order valence-electron chi connectivity index (χ1n) is 6.49. The van der Waals surface area contributed by atoms with Gasteiger partial charge in [-0.25, -0.2) is 4.99 Å². The number of amides is 1. The monoisotopic (exact) mass is 279 g/mol. The van der Waals surface area contributed by atoms with E-state index in [0.29, 0.717) is 17.1 Å². The van der Waals surface area contributed by atoms with Gasteiger partial charge in [0.05, 0.1) is 17.1 Å². The number of aliphatic imine (C=N–C) groups is 1. The van der Waals surface area contributed by atoms with Gasteiger partial charge >= 0.3 is 0 Å². The standard InChI is InChI=1S/C14H18ClN3O/c15-10-13(16)17-12-7-3-2-6-11(12)14(19)18-8-4-1-5-9-18/h2-3,6-7H,1,4-5,8-10H2,(H2,16,17). The summed E-state index contributed by atoms with van der Waals surface area (Å²) in [5.74, 6) is 0.508. The Morgan fingerprint density at radius 3 is 2.63 bits per heavy atom. The molecule has 0 saturated carbocycles. The molecule has 4 nitrogen and oxygen atoms in total. The van der Waals surface area contributed by atoms with Crippen LogP contribution in [0.3, 0.4) is 0 Å². The van der Waals surface area contributed by atoms with Crippen molar-refractivity contribution in [2.24, 2.45) is 10.7 Å². The maximum absolute atomic E-state index is 12.5. The van der Waals surface area contributed by atoms with Crippen LogP contribution >= 0.6 is 11.6 Å². The molecular weight excluding hydrogens is 262 g/mol. The van der Waals surface area contributed by atoms with Crippen LogP contribution in [-0.2, 0) is 0 Å². The first-order chi connectivity index (χ1) is 9.22. The molecule has 0 bridgehead atoms. The molecule has 0 unspecified atom stereocenters. The van der Waals surface area contributed by atoms with Crippen molar-refractivity contribution in [2.75, 3.05) is 19.0 Å². The third kappa shape index (κ3) is 3.47. The molecule has 5 heteroatoms. The minimum Gasteiger partial charge on any atom is -0.386 e. The molecule has 1 heterocycles. The largest absolute Gasteiger partial charge is 0.386 e. The first-order valence-corrected chi connectivity index (χ1v) is 7.03. The third-order valence-electron chi connectivity index (χ3n) is 3.18. The van der Waals surface area contributed by atoms with E-state index in [0.717, 1.165) is 25.9 Å². The molecule has 1 aliphatic heterocycles. The number of carbonyl (C=O) groups is 1. The van der Waals surface area contributed by atoms with Crippen molar-refractivity contribution in [1.29, 1.82) is 0 Å². The highest BCUT2D eigenvalue weighted by Crippen LogP contribution is 2.22. The number of amidine groups is 1. The molecular formula is C14H18ClN3O. The molecule has 1 saturated heterocycles. The fraction of sp³-hybridized carbons (Fsp3) is 0.429. The predicted molar refractivity (Wildman–Crippen MR) is 78.2 cm³/mol. The van der Waals surface area contributed by atoms with Crippen LogP contribution in [0, 0.1) is 0 Å². The maximum atomic E-state index is 12.5. The molecule has 102 valence electrons. The zero-order valence-corrected chi connectivity index (χ0v) is 11.6. The summed E-state index contributed by atoms with van der Waals surface area (Å²) >= 11 is 5.63. The van der Waals surface area contributed by atoms with Gasteiger partial charge in [0.2, 0.25) is 0 Å². The Morgan fingerprint density at radius 2 is 1.95 bits per heavy atom. The summed E-state index contributed by atoms with van der Waals surface area (Å²) in [6.45, 7) is 1.64. The number of benzene rings is 1. The van der Waals surface area contributed by atoms with Gasteiger partial charge in [-0.1, -0.05) is 12.1 Å². The molecule has 1 amide bonds. The lowest BCUT2D eigenvalue weighted by Gasteiger charge is -2.27. The average Bonchev–Trinajstić information content (AvgIpc) is 2.48. The predicted octanol–water partition coefficient (Wildman–Crippen LogP) is 2.54. The molecule has 0 atom stereocenters. The van der Waals surface area contributed by atoms with Gasteiger partial charge in [-0.05, 0) is 31.4 Å². The number of nitrogens with two attached hydrogens (primary N) is 1. The van der Waals surface area contributed by atoms with Crippen LogP contribution in [-0.4, -0.2) is 35.6 Å². The van der Waals surface area contributed by atoms with Gasteiger partial charge in [-0.15, -0.1) is 11.6 Å². The number of rotatable bonds is 3. The van der Waals surface area contributed by atoms with Gasteiger partial charge in [0.1, 0.15) is 5.84 Å². The maximum Gasteiger partial charge on any atom is 0.256 e. The Labute approximate surface area is 118 Å². The fourth-order valence-corrected chi connectivity index (χ4v) is 2.26. The Bertz CT molecular complexity index is 481. The SMILES string of the molecule is NC(CCl)=Nc1ccccc1C(=O)N1CCCCC1. The Kier molecular flexibility index (Phi) is 4.80. The van der Waals surface area contributed by atoms with Gasteiger partial charge in [-0.3, -0.25) is 4.79 Å². The van der Waals surface area contributed by atoms with Crippen molar-refractivity contribution in [2.45, 2.75) is 19.3 Å². The van der Waals surface area contributed by atoms with Crippen LogP contribution in [0.15, 0.2) is 29.3 Å². The van der Waals surface area contributed by atoms with Crippen molar-refractivity contribution < 1.29 is 4.79 Å². The van der Waals surface area contributed by atoms with E-state index < -0.39 is 0 Å². The minimum absolute atomic E-state index is 0.0291. The summed E-state index contributed by atoms with van der Waals surface area (Å²) in [6, 6.07) is 7.26. The van der Waals surface area contributed by atoms with Crippen molar-refractivity contribution >= 4 is 29.0 Å². The van der Waals surface area contributed by atoms with Crippen molar-refractivity contribution in [3.05, 3.63) is 29.8 Å². The normalized spacial score (nSPS) is 16.5. The topological polar surface area (TPSA) is 58.7 Å². The van der Waals surface area contributed by atoms with Gasteiger partial charge < -0.3 is 10.6 Å². The number of hydrogen-bond acceptors (Lipinski definition) is 2. The van der Waals surface area contributed by atoms with E-state index in [1.807, 2.05) is 17.0 Å². The smallest absolute Gasteiger partial charge is 0.256 e. The third-order valence-corrected chi connectivity index (χ3v) is 3.45.